The van der Waals surface area contributed by atoms with Gasteiger partial charge in [-0.1, -0.05) is 11.8 Å². The van der Waals surface area contributed by atoms with Gasteiger partial charge in [0.25, 0.3) is 5.78 Å². The molecule has 0 saturated heterocycles. The quantitative estimate of drug-likeness (QED) is 0.338. The number of ketones is 1. The van der Waals surface area contributed by atoms with Crippen LogP contribution >= 0.6 is 11.8 Å². The average molecular weight is 427 g/mol. The lowest BCUT2D eigenvalue weighted by Crippen LogP contribution is -2.19. The zero-order valence-corrected chi connectivity index (χ0v) is 19.2. The number of esters is 1. The third-order valence-corrected chi connectivity index (χ3v) is 6.22. The summed E-state index contributed by atoms with van der Waals surface area (Å²) < 4.78 is 6.94. The van der Waals surface area contributed by atoms with E-state index in [4.69, 9.17) is 4.74 Å². The molecule has 0 aliphatic heterocycles. The Bertz CT molecular complexity index is 1170. The van der Waals surface area contributed by atoms with Gasteiger partial charge in [-0.3, -0.25) is 9.59 Å². The highest BCUT2D eigenvalue weighted by atomic mass is 32.2. The van der Waals surface area contributed by atoms with Crippen LogP contribution in [0.4, 0.5) is 0 Å². The van der Waals surface area contributed by atoms with E-state index in [1.807, 2.05) is 53.9 Å². The summed E-state index contributed by atoms with van der Waals surface area (Å²) in [5, 5.41) is 5.01. The van der Waals surface area contributed by atoms with Gasteiger partial charge in [-0.15, -0.1) is 5.10 Å². The first-order valence-corrected chi connectivity index (χ1v) is 10.9. The van der Waals surface area contributed by atoms with Crippen molar-refractivity contribution < 1.29 is 14.3 Å². The van der Waals surface area contributed by atoms with Crippen LogP contribution in [0, 0.1) is 41.5 Å². The Morgan fingerprint density at radius 3 is 2.40 bits per heavy atom. The first kappa shape index (κ1) is 22.0. The molecule has 158 valence electrons. The van der Waals surface area contributed by atoms with E-state index in [0.717, 1.165) is 27.9 Å². The van der Waals surface area contributed by atoms with Gasteiger partial charge in [0.1, 0.15) is 0 Å². The van der Waals surface area contributed by atoms with Crippen LogP contribution in [-0.4, -0.2) is 44.2 Å². The summed E-state index contributed by atoms with van der Waals surface area (Å²) in [5.41, 5.74) is 7.06. The van der Waals surface area contributed by atoms with E-state index in [2.05, 4.69) is 15.1 Å². The standard InChI is InChI=1S/C22H26N4O3S/c1-11-8-17(14(4)13(3)12(11)2)19(27)10-29-20(28)9-18-15(5)23-21-24-22(30-7)25-26(21)16(18)6/h8H,9-10H2,1-7H3. The minimum absolute atomic E-state index is 0.0211. The summed E-state index contributed by atoms with van der Waals surface area (Å²) in [6.07, 6.45) is 1.91. The molecule has 0 fully saturated rings. The van der Waals surface area contributed by atoms with Gasteiger partial charge in [0.05, 0.1) is 6.42 Å². The molecule has 0 N–H and O–H groups in total. The fraction of sp³-hybridized carbons (Fsp3) is 0.409. The van der Waals surface area contributed by atoms with Crippen LogP contribution in [0.1, 0.15) is 49.6 Å². The van der Waals surface area contributed by atoms with E-state index in [-0.39, 0.29) is 18.8 Å². The van der Waals surface area contributed by atoms with Crippen LogP contribution in [0.3, 0.4) is 0 Å². The maximum Gasteiger partial charge on any atom is 0.310 e. The van der Waals surface area contributed by atoms with Crippen molar-refractivity contribution in [3.8, 4) is 0 Å². The number of Topliss-reactive ketones (excluding diaryl/α,β-unsaturated/α-hetero) is 1. The van der Waals surface area contributed by atoms with E-state index >= 15 is 0 Å². The molecular formula is C22H26N4O3S. The molecule has 3 aromatic rings. The number of benzene rings is 1. The average Bonchev–Trinajstić information content (AvgIpc) is 3.13. The fourth-order valence-corrected chi connectivity index (χ4v) is 3.79. The number of carbonyl (C=O) groups excluding carboxylic acids is 2. The largest absolute Gasteiger partial charge is 0.457 e. The predicted molar refractivity (Wildman–Crippen MR) is 116 cm³/mol. The van der Waals surface area contributed by atoms with E-state index in [1.54, 1.807) is 4.52 Å². The van der Waals surface area contributed by atoms with Gasteiger partial charge in [-0.2, -0.15) is 4.98 Å². The lowest BCUT2D eigenvalue weighted by atomic mass is 9.93. The molecule has 3 rings (SSSR count). The van der Waals surface area contributed by atoms with Crippen LogP contribution in [0.2, 0.25) is 0 Å². The molecule has 0 bridgehead atoms. The number of aromatic nitrogens is 4. The minimum Gasteiger partial charge on any atom is -0.457 e. The van der Waals surface area contributed by atoms with Crippen molar-refractivity contribution in [2.45, 2.75) is 53.1 Å². The highest BCUT2D eigenvalue weighted by Gasteiger charge is 2.19. The van der Waals surface area contributed by atoms with Gasteiger partial charge in [0.2, 0.25) is 10.9 Å². The lowest BCUT2D eigenvalue weighted by Gasteiger charge is -2.14. The van der Waals surface area contributed by atoms with Crippen molar-refractivity contribution in [2.24, 2.45) is 0 Å². The van der Waals surface area contributed by atoms with Gasteiger partial charge in [0.15, 0.2) is 6.61 Å². The third kappa shape index (κ3) is 4.09. The van der Waals surface area contributed by atoms with Gasteiger partial charge in [0, 0.05) is 22.5 Å². The van der Waals surface area contributed by atoms with E-state index in [0.29, 0.717) is 22.2 Å². The Hall–Kier alpha value is -2.74. The molecule has 0 unspecified atom stereocenters. The molecular weight excluding hydrogens is 400 g/mol. The molecule has 0 atom stereocenters. The topological polar surface area (TPSA) is 86.5 Å². The van der Waals surface area contributed by atoms with Gasteiger partial charge in [-0.25, -0.2) is 9.50 Å². The SMILES string of the molecule is CSc1nc2nc(C)c(CC(=O)OCC(=O)c3cc(C)c(C)c(C)c3C)c(C)n2n1. The Kier molecular flexibility index (Phi) is 6.26. The summed E-state index contributed by atoms with van der Waals surface area (Å²) in [6, 6.07) is 1.87. The fourth-order valence-electron chi connectivity index (χ4n) is 3.45. The molecule has 30 heavy (non-hydrogen) atoms. The normalized spacial score (nSPS) is 11.2. The van der Waals surface area contributed by atoms with E-state index < -0.39 is 5.97 Å². The molecule has 0 saturated carbocycles. The summed E-state index contributed by atoms with van der Waals surface area (Å²) in [7, 11) is 0. The number of aryl methyl sites for hydroxylation is 3. The number of hydrogen-bond acceptors (Lipinski definition) is 7. The van der Waals surface area contributed by atoms with Gasteiger partial charge in [-0.05, 0) is 76.1 Å². The maximum absolute atomic E-state index is 12.7. The minimum atomic E-state index is -0.473. The number of ether oxygens (including phenoxy) is 1. The maximum atomic E-state index is 12.7. The summed E-state index contributed by atoms with van der Waals surface area (Å²) >= 11 is 1.43. The second kappa shape index (κ2) is 8.55. The molecule has 0 radical (unpaired) electrons. The highest BCUT2D eigenvalue weighted by molar-refractivity contribution is 7.98. The first-order chi connectivity index (χ1) is 14.1. The van der Waals surface area contributed by atoms with Crippen molar-refractivity contribution >= 4 is 29.3 Å². The molecule has 0 spiro atoms. The van der Waals surface area contributed by atoms with E-state index in [1.165, 1.54) is 17.3 Å². The lowest BCUT2D eigenvalue weighted by molar-refractivity contribution is -0.141. The van der Waals surface area contributed by atoms with Crippen LogP contribution in [0.15, 0.2) is 11.2 Å². The summed E-state index contributed by atoms with van der Waals surface area (Å²) in [5.74, 6) is -0.170. The Balaban J connectivity index is 1.74. The molecule has 2 heterocycles. The molecule has 8 heteroatoms. The number of thioether (sulfide) groups is 1. The highest BCUT2D eigenvalue weighted by Crippen LogP contribution is 2.22. The van der Waals surface area contributed by atoms with Crippen LogP contribution in [0.5, 0.6) is 0 Å². The van der Waals surface area contributed by atoms with Crippen molar-refractivity contribution in [3.05, 3.63) is 50.8 Å². The number of rotatable bonds is 6. The molecule has 0 aliphatic carbocycles. The first-order valence-electron chi connectivity index (χ1n) is 9.67. The monoisotopic (exact) mass is 426 g/mol. The summed E-state index contributed by atoms with van der Waals surface area (Å²) in [6.45, 7) is 11.4. The number of fused-ring (bicyclic) bond motifs is 1. The predicted octanol–water partition coefficient (Wildman–Crippen LogP) is 3.67. The van der Waals surface area contributed by atoms with Crippen molar-refractivity contribution in [1.82, 2.24) is 19.6 Å². The Labute approximate surface area is 180 Å². The van der Waals surface area contributed by atoms with Crippen LogP contribution in [0.25, 0.3) is 5.78 Å². The van der Waals surface area contributed by atoms with Gasteiger partial charge >= 0.3 is 5.97 Å². The Morgan fingerprint density at radius 2 is 1.73 bits per heavy atom. The van der Waals surface area contributed by atoms with Gasteiger partial charge < -0.3 is 4.74 Å². The molecule has 7 nitrogen and oxygen atoms in total. The van der Waals surface area contributed by atoms with Crippen molar-refractivity contribution in [3.63, 3.8) is 0 Å². The summed E-state index contributed by atoms with van der Waals surface area (Å²) in [4.78, 5) is 33.9. The smallest absolute Gasteiger partial charge is 0.310 e. The van der Waals surface area contributed by atoms with Crippen molar-refractivity contribution in [2.75, 3.05) is 12.9 Å². The zero-order valence-electron chi connectivity index (χ0n) is 18.4. The zero-order chi connectivity index (χ0) is 22.2. The molecule has 1 aromatic carbocycles. The number of nitrogens with zero attached hydrogens (tertiary/aromatic N) is 4. The van der Waals surface area contributed by atoms with E-state index in [9.17, 15) is 9.59 Å². The third-order valence-electron chi connectivity index (χ3n) is 5.68. The number of hydrogen-bond donors (Lipinski definition) is 0. The molecule has 0 aliphatic rings. The molecule has 2 aromatic heterocycles. The second-order valence-corrected chi connectivity index (χ2v) is 8.22. The second-order valence-electron chi connectivity index (χ2n) is 7.45. The van der Waals surface area contributed by atoms with Crippen molar-refractivity contribution in [1.29, 1.82) is 0 Å². The molecule has 0 amide bonds. The number of carbonyl (C=O) groups is 2. The van der Waals surface area contributed by atoms with Crippen LogP contribution < -0.4 is 0 Å². The van der Waals surface area contributed by atoms with Crippen LogP contribution in [-0.2, 0) is 16.0 Å². The Morgan fingerprint density at radius 1 is 1.03 bits per heavy atom.